The van der Waals surface area contributed by atoms with E-state index in [0.29, 0.717) is 12.3 Å². The van der Waals surface area contributed by atoms with Crippen molar-refractivity contribution < 1.29 is 4.79 Å². The Bertz CT molecular complexity index is 295. The number of halogens is 1. The Morgan fingerprint density at radius 1 is 1.25 bits per heavy atom. The number of benzene rings is 1. The predicted octanol–water partition coefficient (Wildman–Crippen LogP) is 1.54. The molecule has 0 spiro atoms. The van der Waals surface area contributed by atoms with Crippen molar-refractivity contribution in [2.24, 2.45) is 0 Å². The van der Waals surface area contributed by atoms with Crippen LogP contribution in [0.5, 0.6) is 0 Å². The average Bonchev–Trinajstić information content (AvgIpc) is 2.28. The highest BCUT2D eigenvalue weighted by atomic mass is 35.5. The molecule has 1 rings (SSSR count). The Balaban J connectivity index is 0.00000225. The van der Waals surface area contributed by atoms with Crippen LogP contribution in [-0.2, 0) is 4.79 Å². The Hall–Kier alpha value is -0.710. The molecule has 1 aromatic carbocycles. The van der Waals surface area contributed by atoms with Crippen LogP contribution in [0.15, 0.2) is 35.2 Å². The summed E-state index contributed by atoms with van der Waals surface area (Å²) < 4.78 is 0. The zero-order valence-corrected chi connectivity index (χ0v) is 10.9. The number of hydrogen-bond acceptors (Lipinski definition) is 3. The lowest BCUT2D eigenvalue weighted by atomic mass is 10.4. The first-order chi connectivity index (χ1) is 7.33. The van der Waals surface area contributed by atoms with E-state index in [1.54, 1.807) is 11.8 Å². The molecule has 1 aromatic rings. The predicted molar refractivity (Wildman–Crippen MR) is 71.4 cm³/mol. The summed E-state index contributed by atoms with van der Waals surface area (Å²) in [5.74, 6) is 0.562. The molecule has 0 aliphatic rings. The highest BCUT2D eigenvalue weighted by Gasteiger charge is 2.00. The van der Waals surface area contributed by atoms with Gasteiger partial charge in [0.15, 0.2) is 0 Å². The molecule has 0 aliphatic carbocycles. The van der Waals surface area contributed by atoms with Gasteiger partial charge in [-0.3, -0.25) is 4.79 Å². The van der Waals surface area contributed by atoms with Crippen LogP contribution in [0.1, 0.15) is 0 Å². The van der Waals surface area contributed by atoms with E-state index in [9.17, 15) is 4.79 Å². The van der Waals surface area contributed by atoms with Crippen LogP contribution in [0.4, 0.5) is 0 Å². The summed E-state index contributed by atoms with van der Waals surface area (Å²) >= 11 is 1.55. The van der Waals surface area contributed by atoms with Crippen LogP contribution < -0.4 is 10.6 Å². The molecule has 5 heteroatoms. The minimum Gasteiger partial charge on any atom is -0.354 e. The van der Waals surface area contributed by atoms with Gasteiger partial charge in [-0.05, 0) is 19.2 Å². The van der Waals surface area contributed by atoms with Crippen molar-refractivity contribution in [3.8, 4) is 0 Å². The number of likely N-dealkylation sites (N-methyl/N-ethyl adjacent to an activating group) is 1. The van der Waals surface area contributed by atoms with E-state index >= 15 is 0 Å². The molecule has 0 unspecified atom stereocenters. The first-order valence-corrected chi connectivity index (χ1v) is 5.90. The van der Waals surface area contributed by atoms with Crippen LogP contribution in [0.2, 0.25) is 0 Å². The third kappa shape index (κ3) is 6.71. The SMILES string of the molecule is CNCCNC(=O)CSc1ccccc1.Cl. The van der Waals surface area contributed by atoms with Gasteiger partial charge in [0.2, 0.25) is 5.91 Å². The van der Waals surface area contributed by atoms with Crippen LogP contribution >= 0.6 is 24.2 Å². The van der Waals surface area contributed by atoms with Gasteiger partial charge in [-0.1, -0.05) is 18.2 Å². The Morgan fingerprint density at radius 2 is 1.94 bits per heavy atom. The second-order valence-corrected chi connectivity index (χ2v) is 4.10. The fourth-order valence-corrected chi connectivity index (χ4v) is 1.79. The molecular formula is C11H17ClN2OS. The van der Waals surface area contributed by atoms with Crippen molar-refractivity contribution in [2.45, 2.75) is 4.90 Å². The summed E-state index contributed by atoms with van der Waals surface area (Å²) in [5, 5.41) is 5.81. The molecule has 0 saturated carbocycles. The summed E-state index contributed by atoms with van der Waals surface area (Å²) in [5.41, 5.74) is 0. The van der Waals surface area contributed by atoms with Crippen LogP contribution in [0.3, 0.4) is 0 Å². The molecule has 0 radical (unpaired) electrons. The number of rotatable bonds is 6. The summed E-state index contributed by atoms with van der Waals surface area (Å²) in [6.45, 7) is 1.49. The molecule has 0 heterocycles. The number of thioether (sulfide) groups is 1. The maximum atomic E-state index is 11.3. The average molecular weight is 261 g/mol. The zero-order chi connectivity index (χ0) is 10.9. The van der Waals surface area contributed by atoms with Gasteiger partial charge >= 0.3 is 0 Å². The van der Waals surface area contributed by atoms with E-state index in [4.69, 9.17) is 0 Å². The van der Waals surface area contributed by atoms with Crippen molar-refractivity contribution in [3.05, 3.63) is 30.3 Å². The van der Waals surface area contributed by atoms with Gasteiger partial charge in [0.05, 0.1) is 5.75 Å². The topological polar surface area (TPSA) is 41.1 Å². The smallest absolute Gasteiger partial charge is 0.230 e. The molecule has 0 atom stereocenters. The minimum absolute atomic E-state index is 0. The van der Waals surface area contributed by atoms with E-state index < -0.39 is 0 Å². The lowest BCUT2D eigenvalue weighted by Crippen LogP contribution is -2.31. The molecule has 1 amide bonds. The maximum Gasteiger partial charge on any atom is 0.230 e. The number of nitrogens with one attached hydrogen (secondary N) is 2. The summed E-state index contributed by atoms with van der Waals surface area (Å²) in [6, 6.07) is 9.93. The molecule has 90 valence electrons. The van der Waals surface area contributed by atoms with Gasteiger partial charge in [0, 0.05) is 18.0 Å². The van der Waals surface area contributed by atoms with E-state index in [-0.39, 0.29) is 18.3 Å². The van der Waals surface area contributed by atoms with Crippen molar-refractivity contribution in [1.82, 2.24) is 10.6 Å². The first-order valence-electron chi connectivity index (χ1n) is 4.92. The van der Waals surface area contributed by atoms with Gasteiger partial charge in [-0.2, -0.15) is 0 Å². The molecule has 0 aromatic heterocycles. The highest BCUT2D eigenvalue weighted by Crippen LogP contribution is 2.15. The quantitative estimate of drug-likeness (QED) is 0.602. The molecule has 0 saturated heterocycles. The monoisotopic (exact) mass is 260 g/mol. The lowest BCUT2D eigenvalue weighted by molar-refractivity contribution is -0.118. The second-order valence-electron chi connectivity index (χ2n) is 3.06. The van der Waals surface area contributed by atoms with Crippen LogP contribution in [0, 0.1) is 0 Å². The van der Waals surface area contributed by atoms with Gasteiger partial charge in [0.1, 0.15) is 0 Å². The minimum atomic E-state index is 0. The van der Waals surface area contributed by atoms with Gasteiger partial charge in [0.25, 0.3) is 0 Å². The van der Waals surface area contributed by atoms with Gasteiger partial charge in [-0.15, -0.1) is 24.2 Å². The molecule has 2 N–H and O–H groups in total. The third-order valence-electron chi connectivity index (χ3n) is 1.81. The Morgan fingerprint density at radius 3 is 2.56 bits per heavy atom. The maximum absolute atomic E-state index is 11.3. The summed E-state index contributed by atoms with van der Waals surface area (Å²) in [4.78, 5) is 12.5. The molecular weight excluding hydrogens is 244 g/mol. The zero-order valence-electron chi connectivity index (χ0n) is 9.23. The summed E-state index contributed by atoms with van der Waals surface area (Å²) in [6.07, 6.45) is 0. The standard InChI is InChI=1S/C11H16N2OS.ClH/c1-12-7-8-13-11(14)9-15-10-5-3-2-4-6-10;/h2-6,12H,7-9H2,1H3,(H,13,14);1H. The normalized spacial score (nSPS) is 9.31. The van der Waals surface area contributed by atoms with Gasteiger partial charge in [-0.25, -0.2) is 0 Å². The molecule has 0 bridgehead atoms. The Labute approximate surface area is 107 Å². The van der Waals surface area contributed by atoms with Crippen molar-refractivity contribution in [1.29, 1.82) is 0 Å². The number of hydrogen-bond donors (Lipinski definition) is 2. The van der Waals surface area contributed by atoms with Gasteiger partial charge < -0.3 is 10.6 Å². The number of amides is 1. The molecule has 0 fully saturated rings. The fraction of sp³-hybridized carbons (Fsp3) is 0.364. The van der Waals surface area contributed by atoms with E-state index in [0.717, 1.165) is 11.4 Å². The van der Waals surface area contributed by atoms with E-state index in [1.165, 1.54) is 0 Å². The first kappa shape index (κ1) is 15.3. The number of carbonyl (C=O) groups is 1. The fourth-order valence-electron chi connectivity index (χ4n) is 1.04. The molecule has 0 aliphatic heterocycles. The lowest BCUT2D eigenvalue weighted by Gasteiger charge is -2.04. The summed E-state index contributed by atoms with van der Waals surface area (Å²) in [7, 11) is 1.87. The van der Waals surface area contributed by atoms with E-state index in [1.807, 2.05) is 37.4 Å². The van der Waals surface area contributed by atoms with Crippen LogP contribution in [0.25, 0.3) is 0 Å². The second kappa shape index (κ2) is 9.51. The molecule has 3 nitrogen and oxygen atoms in total. The molecule has 16 heavy (non-hydrogen) atoms. The largest absolute Gasteiger partial charge is 0.354 e. The highest BCUT2D eigenvalue weighted by molar-refractivity contribution is 8.00. The van der Waals surface area contributed by atoms with Crippen molar-refractivity contribution in [2.75, 3.05) is 25.9 Å². The Kier molecular flexibility index (Phi) is 9.09. The van der Waals surface area contributed by atoms with Crippen LogP contribution in [-0.4, -0.2) is 31.8 Å². The van der Waals surface area contributed by atoms with Crippen molar-refractivity contribution >= 4 is 30.1 Å². The number of carbonyl (C=O) groups excluding carboxylic acids is 1. The van der Waals surface area contributed by atoms with Crippen molar-refractivity contribution in [3.63, 3.8) is 0 Å². The third-order valence-corrected chi connectivity index (χ3v) is 2.82. The van der Waals surface area contributed by atoms with E-state index in [2.05, 4.69) is 10.6 Å².